The second-order valence-electron chi connectivity index (χ2n) is 3.55. The Kier molecular flexibility index (Phi) is 3.77. The van der Waals surface area contributed by atoms with Crippen molar-refractivity contribution in [2.45, 2.75) is 0 Å². The Morgan fingerprint density at radius 2 is 2.06 bits per heavy atom. The number of ether oxygens (including phenoxy) is 2. The van der Waals surface area contributed by atoms with Gasteiger partial charge in [-0.2, -0.15) is 5.10 Å². The third-order valence-electron chi connectivity index (χ3n) is 2.49. The summed E-state index contributed by atoms with van der Waals surface area (Å²) in [5.41, 5.74) is 0.997. The highest BCUT2D eigenvalue weighted by molar-refractivity contribution is 5.83. The Labute approximate surface area is 95.5 Å². The molecular weight excluding hydrogens is 204 g/mol. The normalized spacial score (nSPS) is 16.7. The van der Waals surface area contributed by atoms with Gasteiger partial charge in [0.25, 0.3) is 0 Å². The van der Waals surface area contributed by atoms with Crippen molar-refractivity contribution >= 4 is 6.21 Å². The van der Waals surface area contributed by atoms with E-state index in [-0.39, 0.29) is 0 Å². The van der Waals surface area contributed by atoms with E-state index in [4.69, 9.17) is 9.47 Å². The first-order valence-electron chi connectivity index (χ1n) is 5.40. The van der Waals surface area contributed by atoms with Crippen molar-refractivity contribution in [3.63, 3.8) is 0 Å². The summed E-state index contributed by atoms with van der Waals surface area (Å²) < 4.78 is 10.5. The van der Waals surface area contributed by atoms with Crippen LogP contribution >= 0.6 is 0 Å². The molecule has 0 aromatic heterocycles. The minimum absolute atomic E-state index is 0.753. The fourth-order valence-corrected chi connectivity index (χ4v) is 1.59. The van der Waals surface area contributed by atoms with E-state index in [1.165, 1.54) is 0 Å². The quantitative estimate of drug-likeness (QED) is 0.721. The molecule has 0 atom stereocenters. The molecule has 0 aliphatic carbocycles. The highest BCUT2D eigenvalue weighted by atomic mass is 16.5. The van der Waals surface area contributed by atoms with Gasteiger partial charge >= 0.3 is 0 Å². The molecule has 1 fully saturated rings. The number of benzene rings is 1. The molecule has 2 rings (SSSR count). The number of hydrazone groups is 1. The third-order valence-corrected chi connectivity index (χ3v) is 2.49. The lowest BCUT2D eigenvalue weighted by Crippen LogP contribution is -2.32. The van der Waals surface area contributed by atoms with Gasteiger partial charge in [-0.3, -0.25) is 5.01 Å². The summed E-state index contributed by atoms with van der Waals surface area (Å²) >= 11 is 0. The lowest BCUT2D eigenvalue weighted by atomic mass is 10.2. The lowest BCUT2D eigenvalue weighted by molar-refractivity contribution is 0.0397. The number of hydrogen-bond acceptors (Lipinski definition) is 4. The van der Waals surface area contributed by atoms with Crippen molar-refractivity contribution in [3.05, 3.63) is 29.8 Å². The molecule has 4 nitrogen and oxygen atoms in total. The molecule has 1 saturated heterocycles. The van der Waals surface area contributed by atoms with Crippen molar-refractivity contribution in [1.29, 1.82) is 0 Å². The van der Waals surface area contributed by atoms with Gasteiger partial charge in [-0.1, -0.05) is 12.1 Å². The smallest absolute Gasteiger partial charge is 0.127 e. The highest BCUT2D eigenvalue weighted by Gasteiger charge is 2.06. The Bertz CT molecular complexity index is 360. The molecule has 1 aliphatic heterocycles. The maximum absolute atomic E-state index is 5.26. The SMILES string of the molecule is COc1ccccc1C=NN1CCOCC1. The zero-order valence-electron chi connectivity index (χ0n) is 9.43. The first kappa shape index (κ1) is 11.0. The number of morpholine rings is 1. The fourth-order valence-electron chi connectivity index (χ4n) is 1.59. The van der Waals surface area contributed by atoms with Crippen LogP contribution in [0.1, 0.15) is 5.56 Å². The number of nitrogens with zero attached hydrogens (tertiary/aromatic N) is 2. The molecule has 0 saturated carbocycles. The van der Waals surface area contributed by atoms with Crippen LogP contribution in [0.25, 0.3) is 0 Å². The number of rotatable bonds is 3. The number of para-hydroxylation sites is 1. The van der Waals surface area contributed by atoms with Gasteiger partial charge in [0.05, 0.1) is 39.6 Å². The molecule has 1 aromatic carbocycles. The summed E-state index contributed by atoms with van der Waals surface area (Å²) in [4.78, 5) is 0. The summed E-state index contributed by atoms with van der Waals surface area (Å²) in [5.74, 6) is 0.847. The highest BCUT2D eigenvalue weighted by Crippen LogP contribution is 2.14. The van der Waals surface area contributed by atoms with Crippen LogP contribution in [0.15, 0.2) is 29.4 Å². The molecule has 16 heavy (non-hydrogen) atoms. The van der Waals surface area contributed by atoms with Gasteiger partial charge in [0.15, 0.2) is 0 Å². The average molecular weight is 220 g/mol. The van der Waals surface area contributed by atoms with Gasteiger partial charge in [0.2, 0.25) is 0 Å². The summed E-state index contributed by atoms with van der Waals surface area (Å²) in [6.07, 6.45) is 1.84. The van der Waals surface area contributed by atoms with Gasteiger partial charge in [-0.05, 0) is 12.1 Å². The largest absolute Gasteiger partial charge is 0.496 e. The van der Waals surface area contributed by atoms with Crippen LogP contribution in [-0.4, -0.2) is 44.6 Å². The van der Waals surface area contributed by atoms with Gasteiger partial charge in [-0.15, -0.1) is 0 Å². The minimum Gasteiger partial charge on any atom is -0.496 e. The molecule has 0 unspecified atom stereocenters. The van der Waals surface area contributed by atoms with Gasteiger partial charge in [-0.25, -0.2) is 0 Å². The molecule has 1 aliphatic rings. The molecule has 1 heterocycles. The topological polar surface area (TPSA) is 34.1 Å². The van der Waals surface area contributed by atoms with Crippen LogP contribution in [0.3, 0.4) is 0 Å². The third kappa shape index (κ3) is 2.73. The molecule has 4 heteroatoms. The van der Waals surface area contributed by atoms with Crippen molar-refractivity contribution in [2.24, 2.45) is 5.10 Å². The van der Waals surface area contributed by atoms with E-state index in [0.717, 1.165) is 37.6 Å². The van der Waals surface area contributed by atoms with E-state index in [9.17, 15) is 0 Å². The maximum Gasteiger partial charge on any atom is 0.127 e. The molecule has 0 radical (unpaired) electrons. The summed E-state index contributed by atoms with van der Waals surface area (Å²) in [5, 5.41) is 6.42. The second-order valence-corrected chi connectivity index (χ2v) is 3.55. The standard InChI is InChI=1S/C12H16N2O2/c1-15-12-5-3-2-4-11(12)10-13-14-6-8-16-9-7-14/h2-5,10H,6-9H2,1H3. The Balaban J connectivity index is 2.04. The molecular formula is C12H16N2O2. The number of hydrogen-bond donors (Lipinski definition) is 0. The van der Waals surface area contributed by atoms with Crippen LogP contribution in [0, 0.1) is 0 Å². The number of methoxy groups -OCH3 is 1. The Hall–Kier alpha value is -1.55. The van der Waals surface area contributed by atoms with E-state index < -0.39 is 0 Å². The van der Waals surface area contributed by atoms with Crippen molar-refractivity contribution in [3.8, 4) is 5.75 Å². The Morgan fingerprint density at radius 1 is 1.31 bits per heavy atom. The zero-order chi connectivity index (χ0) is 11.2. The monoisotopic (exact) mass is 220 g/mol. The van der Waals surface area contributed by atoms with Crippen LogP contribution in [0.2, 0.25) is 0 Å². The molecule has 1 aromatic rings. The van der Waals surface area contributed by atoms with Crippen LogP contribution in [-0.2, 0) is 4.74 Å². The zero-order valence-corrected chi connectivity index (χ0v) is 9.43. The van der Waals surface area contributed by atoms with Crippen molar-refractivity contribution in [1.82, 2.24) is 5.01 Å². The first-order valence-corrected chi connectivity index (χ1v) is 5.40. The minimum atomic E-state index is 0.753. The molecule has 86 valence electrons. The van der Waals surface area contributed by atoms with Crippen LogP contribution in [0.4, 0.5) is 0 Å². The summed E-state index contributed by atoms with van der Waals surface area (Å²) in [7, 11) is 1.67. The van der Waals surface area contributed by atoms with E-state index >= 15 is 0 Å². The average Bonchev–Trinajstić information content (AvgIpc) is 2.38. The van der Waals surface area contributed by atoms with Crippen LogP contribution < -0.4 is 4.74 Å². The van der Waals surface area contributed by atoms with Crippen LogP contribution in [0.5, 0.6) is 5.75 Å². The first-order chi connectivity index (χ1) is 7.90. The van der Waals surface area contributed by atoms with Gasteiger partial charge < -0.3 is 9.47 Å². The molecule has 0 amide bonds. The van der Waals surface area contributed by atoms with Crippen molar-refractivity contribution < 1.29 is 9.47 Å². The molecule has 0 spiro atoms. The van der Waals surface area contributed by atoms with Gasteiger partial charge in [0, 0.05) is 5.56 Å². The maximum atomic E-state index is 5.26. The van der Waals surface area contributed by atoms with Crippen molar-refractivity contribution in [2.75, 3.05) is 33.4 Å². The predicted octanol–water partition coefficient (Wildman–Crippen LogP) is 1.36. The van der Waals surface area contributed by atoms with E-state index in [0.29, 0.717) is 0 Å². The molecule has 0 bridgehead atoms. The fraction of sp³-hybridized carbons (Fsp3) is 0.417. The lowest BCUT2D eigenvalue weighted by Gasteiger charge is -2.23. The van der Waals surface area contributed by atoms with Gasteiger partial charge in [0.1, 0.15) is 5.75 Å². The predicted molar refractivity (Wildman–Crippen MR) is 63.0 cm³/mol. The van der Waals surface area contributed by atoms with E-state index in [1.54, 1.807) is 7.11 Å². The second kappa shape index (κ2) is 5.51. The summed E-state index contributed by atoms with van der Waals surface area (Å²) in [6.45, 7) is 3.21. The van der Waals surface area contributed by atoms with E-state index in [1.807, 2.05) is 35.5 Å². The van der Waals surface area contributed by atoms with E-state index in [2.05, 4.69) is 5.10 Å². The summed E-state index contributed by atoms with van der Waals surface area (Å²) in [6, 6.07) is 7.84. The Morgan fingerprint density at radius 3 is 2.81 bits per heavy atom. The molecule has 0 N–H and O–H groups in total.